The molecule has 2 aromatic rings. The number of fused-ring (bicyclic) bond motifs is 4. The van der Waals surface area contributed by atoms with E-state index in [1.807, 2.05) is 25.2 Å². The van der Waals surface area contributed by atoms with Gasteiger partial charge in [-0.3, -0.25) is 0 Å². The van der Waals surface area contributed by atoms with Crippen molar-refractivity contribution in [2.75, 3.05) is 13.7 Å². The molecule has 2 fully saturated rings. The van der Waals surface area contributed by atoms with Crippen LogP contribution in [0.25, 0.3) is 0 Å². The van der Waals surface area contributed by atoms with Crippen molar-refractivity contribution in [3.63, 3.8) is 0 Å². The van der Waals surface area contributed by atoms with E-state index in [4.69, 9.17) is 14.0 Å². The van der Waals surface area contributed by atoms with E-state index in [9.17, 15) is 9.18 Å². The molecule has 1 aliphatic carbocycles. The van der Waals surface area contributed by atoms with Gasteiger partial charge < -0.3 is 18.9 Å². The number of hydrogen-bond acceptors (Lipinski definition) is 5. The van der Waals surface area contributed by atoms with E-state index >= 15 is 0 Å². The normalized spacial score (nSPS) is 32.4. The summed E-state index contributed by atoms with van der Waals surface area (Å²) in [6, 6.07) is 13.2. The van der Waals surface area contributed by atoms with Crippen molar-refractivity contribution in [1.29, 1.82) is 0 Å². The van der Waals surface area contributed by atoms with Crippen LogP contribution in [0.15, 0.2) is 42.5 Å². The third-order valence-electron chi connectivity index (χ3n) is 6.80. The number of benzene rings is 2. The maximum Gasteiger partial charge on any atom is 0.376 e. The SMILES string of the molecule is CCOC(=O)c1c(F)ccc2c1O[B-]1(O[C@@H](c3ccccc3)[C@H](C)N1C)C1C[C@H]21. The van der Waals surface area contributed by atoms with Gasteiger partial charge in [0, 0.05) is 6.04 Å². The molecule has 152 valence electrons. The Kier molecular flexibility index (Phi) is 4.22. The van der Waals surface area contributed by atoms with Crippen LogP contribution in [0, 0.1) is 5.82 Å². The van der Waals surface area contributed by atoms with Gasteiger partial charge in [-0.15, -0.1) is 0 Å². The molecule has 0 radical (unpaired) electrons. The first-order valence-corrected chi connectivity index (χ1v) is 10.3. The smallest absolute Gasteiger partial charge is 0.376 e. The Morgan fingerprint density at radius 3 is 2.76 bits per heavy atom. The summed E-state index contributed by atoms with van der Waals surface area (Å²) in [5.41, 5.74) is 1.84. The monoisotopic (exact) mass is 396 g/mol. The van der Waals surface area contributed by atoms with Crippen LogP contribution < -0.4 is 4.65 Å². The van der Waals surface area contributed by atoms with Crippen molar-refractivity contribution in [2.24, 2.45) is 0 Å². The highest BCUT2D eigenvalue weighted by atomic mass is 19.1. The first kappa shape index (κ1) is 18.6. The van der Waals surface area contributed by atoms with Gasteiger partial charge in [0.25, 0.3) is 0 Å². The van der Waals surface area contributed by atoms with E-state index in [2.05, 4.69) is 23.9 Å². The van der Waals surface area contributed by atoms with Gasteiger partial charge in [0.15, 0.2) is 0 Å². The maximum atomic E-state index is 14.7. The summed E-state index contributed by atoms with van der Waals surface area (Å²) in [5.74, 6) is -0.628. The first-order chi connectivity index (χ1) is 14.0. The molecule has 0 amide bonds. The standard InChI is InChI=1S/C22H24BFNO4/c1-4-27-22(26)19-18(24)11-10-15-16-12-17(16)23(29-21(15)19)25(3)13(2)20(28-23)14-8-6-5-7-9-14/h5-11,13,16-17,20H,4,12H2,1-3H3/q-1/t13-,16+,17?,20+,23?/m0/s1. The van der Waals surface area contributed by atoms with Crippen molar-refractivity contribution in [3.05, 3.63) is 65.0 Å². The zero-order chi connectivity index (χ0) is 20.3. The van der Waals surface area contributed by atoms with Crippen LogP contribution in [0.2, 0.25) is 5.82 Å². The third kappa shape index (κ3) is 2.64. The van der Waals surface area contributed by atoms with E-state index < -0.39 is 18.5 Å². The predicted octanol–water partition coefficient (Wildman–Crippen LogP) is 4.28. The highest BCUT2D eigenvalue weighted by Gasteiger charge is 2.63. The van der Waals surface area contributed by atoms with Crippen LogP contribution in [0.1, 0.15) is 53.8 Å². The molecule has 0 N–H and O–H groups in total. The van der Waals surface area contributed by atoms with Gasteiger partial charge in [0.1, 0.15) is 11.4 Å². The van der Waals surface area contributed by atoms with Gasteiger partial charge in [0.2, 0.25) is 0 Å². The summed E-state index contributed by atoms with van der Waals surface area (Å²) in [6.45, 7) is 2.13. The fourth-order valence-corrected chi connectivity index (χ4v) is 5.16. The molecule has 5 rings (SSSR count). The minimum atomic E-state index is -1.86. The summed E-state index contributed by atoms with van der Waals surface area (Å²) in [5, 5.41) is 0. The summed E-state index contributed by atoms with van der Waals surface area (Å²) in [7, 11) is 2.00. The number of halogens is 1. The minimum Gasteiger partial charge on any atom is -0.679 e. The fraction of sp³-hybridized carbons (Fsp3) is 0.409. The molecule has 5 atom stereocenters. The van der Waals surface area contributed by atoms with Gasteiger partial charge in [-0.2, -0.15) is 0 Å². The molecule has 2 aromatic carbocycles. The lowest BCUT2D eigenvalue weighted by Gasteiger charge is -2.47. The second kappa shape index (κ2) is 6.57. The second-order valence-corrected chi connectivity index (χ2v) is 8.29. The Hall–Kier alpha value is -2.38. The lowest BCUT2D eigenvalue weighted by atomic mass is 9.60. The Morgan fingerprint density at radius 1 is 1.28 bits per heavy atom. The molecular weight excluding hydrogens is 372 g/mol. The molecular formula is C22H24BFNO4-. The zero-order valence-electron chi connectivity index (χ0n) is 16.8. The molecule has 1 saturated carbocycles. The fourth-order valence-electron chi connectivity index (χ4n) is 5.16. The van der Waals surface area contributed by atoms with Crippen LogP contribution in [0.4, 0.5) is 4.39 Å². The summed E-state index contributed by atoms with van der Waals surface area (Å²) >= 11 is 0. The molecule has 2 unspecified atom stereocenters. The number of rotatable bonds is 3. The van der Waals surface area contributed by atoms with Crippen molar-refractivity contribution in [2.45, 2.75) is 44.1 Å². The molecule has 3 aliphatic rings. The Labute approximate surface area is 169 Å². The Bertz CT molecular complexity index is 971. The van der Waals surface area contributed by atoms with E-state index in [-0.39, 0.29) is 41.8 Å². The summed E-state index contributed by atoms with van der Waals surface area (Å²) in [4.78, 5) is 14.6. The zero-order valence-corrected chi connectivity index (χ0v) is 16.8. The summed E-state index contributed by atoms with van der Waals surface area (Å²) < 4.78 is 32.9. The molecule has 1 spiro atoms. The van der Waals surface area contributed by atoms with Crippen LogP contribution in [-0.4, -0.2) is 37.2 Å². The van der Waals surface area contributed by atoms with Gasteiger partial charge >= 0.3 is 12.7 Å². The van der Waals surface area contributed by atoms with Crippen molar-refractivity contribution in [1.82, 2.24) is 4.81 Å². The van der Waals surface area contributed by atoms with Crippen molar-refractivity contribution >= 4 is 12.7 Å². The van der Waals surface area contributed by atoms with Crippen LogP contribution in [0.5, 0.6) is 5.75 Å². The number of nitrogens with zero attached hydrogens (tertiary/aromatic N) is 1. The number of likely N-dealkylation sites (N-methyl/N-ethyl adjacent to an activating group) is 1. The Balaban J connectivity index is 1.57. The molecule has 29 heavy (non-hydrogen) atoms. The number of carbonyl (C=O) groups excluding carboxylic acids is 1. The minimum absolute atomic E-state index is 0.0832. The van der Waals surface area contributed by atoms with Crippen molar-refractivity contribution in [3.8, 4) is 5.75 Å². The lowest BCUT2D eigenvalue weighted by molar-refractivity contribution is 0.0517. The number of hydrogen-bond donors (Lipinski definition) is 0. The van der Waals surface area contributed by atoms with Gasteiger partial charge in [-0.05, 0) is 44.0 Å². The van der Waals surface area contributed by atoms with E-state index in [1.54, 1.807) is 13.0 Å². The number of esters is 1. The average molecular weight is 396 g/mol. The largest absolute Gasteiger partial charge is 0.679 e. The highest BCUT2D eigenvalue weighted by molar-refractivity contribution is 6.69. The third-order valence-corrected chi connectivity index (χ3v) is 6.80. The van der Waals surface area contributed by atoms with E-state index in [0.29, 0.717) is 0 Å². The molecule has 1 saturated heterocycles. The van der Waals surface area contributed by atoms with Crippen LogP contribution in [0.3, 0.4) is 0 Å². The molecule has 0 bridgehead atoms. The Morgan fingerprint density at radius 2 is 2.03 bits per heavy atom. The molecule has 5 nitrogen and oxygen atoms in total. The number of ether oxygens (including phenoxy) is 1. The average Bonchev–Trinajstić information content (AvgIpc) is 3.49. The summed E-state index contributed by atoms with van der Waals surface area (Å²) in [6.07, 6.45) is 0.753. The van der Waals surface area contributed by atoms with Gasteiger partial charge in [-0.1, -0.05) is 48.6 Å². The highest BCUT2D eigenvalue weighted by Crippen LogP contribution is 2.67. The van der Waals surface area contributed by atoms with Crippen LogP contribution in [-0.2, 0) is 9.39 Å². The molecule has 2 aliphatic heterocycles. The number of carbonyl (C=O) groups is 1. The van der Waals surface area contributed by atoms with Gasteiger partial charge in [0.05, 0.1) is 18.5 Å². The molecule has 7 heteroatoms. The predicted molar refractivity (Wildman–Crippen MR) is 107 cm³/mol. The quantitative estimate of drug-likeness (QED) is 0.573. The maximum absolute atomic E-state index is 14.7. The first-order valence-electron chi connectivity index (χ1n) is 10.3. The second-order valence-electron chi connectivity index (χ2n) is 8.29. The van der Waals surface area contributed by atoms with E-state index in [0.717, 1.165) is 17.5 Å². The van der Waals surface area contributed by atoms with Crippen molar-refractivity contribution < 1.29 is 23.2 Å². The molecule has 0 aromatic heterocycles. The van der Waals surface area contributed by atoms with Gasteiger partial charge in [-0.25, -0.2) is 9.18 Å². The van der Waals surface area contributed by atoms with E-state index in [1.165, 1.54) is 6.07 Å². The molecule has 2 heterocycles. The topological polar surface area (TPSA) is 48.0 Å². The lowest BCUT2D eigenvalue weighted by Crippen LogP contribution is -2.58. The van der Waals surface area contributed by atoms with Crippen LogP contribution >= 0.6 is 0 Å².